The largest absolute Gasteiger partial charge is 0.396 e. The van der Waals surface area contributed by atoms with Gasteiger partial charge in [-0.25, -0.2) is 0 Å². The van der Waals surface area contributed by atoms with E-state index in [9.17, 15) is 5.11 Å². The molecule has 2 N–H and O–H groups in total. The van der Waals surface area contributed by atoms with Gasteiger partial charge in [0.15, 0.2) is 0 Å². The molecule has 0 unspecified atom stereocenters. The maximum atomic E-state index is 9.34. The highest BCUT2D eigenvalue weighted by molar-refractivity contribution is 5.15. The third-order valence-electron chi connectivity index (χ3n) is 1.78. The Labute approximate surface area is 72.5 Å². The maximum Gasteiger partial charge on any atom is 0.0602 e. The molecule has 0 aliphatic heterocycles. The lowest BCUT2D eigenvalue weighted by Crippen LogP contribution is -2.11. The van der Waals surface area contributed by atoms with Crippen molar-refractivity contribution in [2.24, 2.45) is 0 Å². The van der Waals surface area contributed by atoms with Gasteiger partial charge in [-0.1, -0.05) is 30.3 Å². The van der Waals surface area contributed by atoms with Gasteiger partial charge >= 0.3 is 0 Å². The average molecular weight is 166 g/mol. The Bertz CT molecular complexity index is 208. The molecule has 0 aromatic heterocycles. The monoisotopic (exact) mass is 166 g/mol. The van der Waals surface area contributed by atoms with Gasteiger partial charge < -0.3 is 10.2 Å². The van der Waals surface area contributed by atoms with Crippen molar-refractivity contribution in [3.05, 3.63) is 35.9 Å². The van der Waals surface area contributed by atoms with E-state index in [1.807, 2.05) is 30.3 Å². The van der Waals surface area contributed by atoms with E-state index in [0.29, 0.717) is 12.8 Å². The van der Waals surface area contributed by atoms with Crippen LogP contribution < -0.4 is 0 Å². The van der Waals surface area contributed by atoms with Crippen LogP contribution in [-0.2, 0) is 6.42 Å². The van der Waals surface area contributed by atoms with Crippen LogP contribution in [0.1, 0.15) is 12.0 Å². The van der Waals surface area contributed by atoms with Crippen LogP contribution in [-0.4, -0.2) is 22.9 Å². The molecule has 0 saturated heterocycles. The molecule has 0 heterocycles. The number of hydrogen-bond acceptors (Lipinski definition) is 2. The van der Waals surface area contributed by atoms with E-state index < -0.39 is 6.10 Å². The lowest BCUT2D eigenvalue weighted by molar-refractivity contribution is 0.133. The van der Waals surface area contributed by atoms with E-state index in [1.165, 1.54) is 0 Å². The van der Waals surface area contributed by atoms with Gasteiger partial charge in [0.1, 0.15) is 0 Å². The fraction of sp³-hybridized carbons (Fsp3) is 0.400. The SMILES string of the molecule is OCC[C@@H](O)Cc1ccccc1. The van der Waals surface area contributed by atoms with Crippen LogP contribution in [0.15, 0.2) is 30.3 Å². The first-order valence-electron chi connectivity index (χ1n) is 4.16. The number of aliphatic hydroxyl groups is 2. The lowest BCUT2D eigenvalue weighted by Gasteiger charge is -2.07. The first kappa shape index (κ1) is 9.23. The zero-order valence-electron chi connectivity index (χ0n) is 6.98. The minimum atomic E-state index is -0.419. The van der Waals surface area contributed by atoms with Crippen LogP contribution >= 0.6 is 0 Å². The first-order chi connectivity index (χ1) is 5.83. The molecule has 0 amide bonds. The van der Waals surface area contributed by atoms with E-state index in [0.717, 1.165) is 5.56 Å². The first-order valence-corrected chi connectivity index (χ1v) is 4.16. The third kappa shape index (κ3) is 3.03. The summed E-state index contributed by atoms with van der Waals surface area (Å²) in [5.74, 6) is 0. The number of rotatable bonds is 4. The molecule has 1 atom stereocenters. The quantitative estimate of drug-likeness (QED) is 0.699. The second-order valence-corrected chi connectivity index (χ2v) is 2.86. The van der Waals surface area contributed by atoms with Gasteiger partial charge in [-0.05, 0) is 18.4 Å². The Morgan fingerprint density at radius 1 is 1.17 bits per heavy atom. The molecule has 0 aliphatic rings. The lowest BCUT2D eigenvalue weighted by atomic mass is 10.1. The summed E-state index contributed by atoms with van der Waals surface area (Å²) < 4.78 is 0. The van der Waals surface area contributed by atoms with E-state index in [-0.39, 0.29) is 6.61 Å². The van der Waals surface area contributed by atoms with E-state index in [4.69, 9.17) is 5.11 Å². The van der Waals surface area contributed by atoms with E-state index in [1.54, 1.807) is 0 Å². The van der Waals surface area contributed by atoms with Crippen LogP contribution in [0.2, 0.25) is 0 Å². The molecular weight excluding hydrogens is 152 g/mol. The molecule has 66 valence electrons. The third-order valence-corrected chi connectivity index (χ3v) is 1.78. The summed E-state index contributed by atoms with van der Waals surface area (Å²) in [6.07, 6.45) is 0.661. The maximum absolute atomic E-state index is 9.34. The van der Waals surface area contributed by atoms with Crippen molar-refractivity contribution in [1.82, 2.24) is 0 Å². The van der Waals surface area contributed by atoms with Crippen LogP contribution in [0.25, 0.3) is 0 Å². The van der Waals surface area contributed by atoms with Crippen molar-refractivity contribution in [3.8, 4) is 0 Å². The fourth-order valence-electron chi connectivity index (χ4n) is 1.14. The van der Waals surface area contributed by atoms with E-state index >= 15 is 0 Å². The standard InChI is InChI=1S/C10H14O2/c11-7-6-10(12)8-9-4-2-1-3-5-9/h1-5,10-12H,6-8H2/t10-/m1/s1. The van der Waals surface area contributed by atoms with Crippen molar-refractivity contribution in [3.63, 3.8) is 0 Å². The molecule has 0 fully saturated rings. The highest BCUT2D eigenvalue weighted by Gasteiger charge is 2.03. The van der Waals surface area contributed by atoms with Gasteiger partial charge in [0.25, 0.3) is 0 Å². The van der Waals surface area contributed by atoms with Crippen molar-refractivity contribution in [2.45, 2.75) is 18.9 Å². The van der Waals surface area contributed by atoms with Gasteiger partial charge in [0.05, 0.1) is 6.10 Å². The summed E-state index contributed by atoms with van der Waals surface area (Å²) in [7, 11) is 0. The van der Waals surface area contributed by atoms with Crippen molar-refractivity contribution in [1.29, 1.82) is 0 Å². The second-order valence-electron chi connectivity index (χ2n) is 2.86. The van der Waals surface area contributed by atoms with Gasteiger partial charge in [0, 0.05) is 6.61 Å². The van der Waals surface area contributed by atoms with Crippen molar-refractivity contribution >= 4 is 0 Å². The van der Waals surface area contributed by atoms with Gasteiger partial charge in [0.2, 0.25) is 0 Å². The molecule has 0 bridgehead atoms. The smallest absolute Gasteiger partial charge is 0.0602 e. The summed E-state index contributed by atoms with van der Waals surface area (Å²) in [6, 6.07) is 9.78. The normalized spacial score (nSPS) is 12.8. The molecular formula is C10H14O2. The predicted octanol–water partition coefficient (Wildman–Crippen LogP) is 0.972. The van der Waals surface area contributed by atoms with Crippen LogP contribution in [0.4, 0.5) is 0 Å². The summed E-state index contributed by atoms with van der Waals surface area (Å²) in [5.41, 5.74) is 1.11. The number of aliphatic hydroxyl groups excluding tert-OH is 2. The molecule has 0 aliphatic carbocycles. The average Bonchev–Trinajstić information content (AvgIpc) is 2.06. The molecule has 12 heavy (non-hydrogen) atoms. The molecule has 1 aromatic carbocycles. The summed E-state index contributed by atoms with van der Waals surface area (Å²) in [6.45, 7) is 0.0496. The molecule has 2 heteroatoms. The summed E-state index contributed by atoms with van der Waals surface area (Å²) in [4.78, 5) is 0. The zero-order valence-corrected chi connectivity index (χ0v) is 6.98. The topological polar surface area (TPSA) is 40.5 Å². The molecule has 1 aromatic rings. The highest BCUT2D eigenvalue weighted by atomic mass is 16.3. The minimum Gasteiger partial charge on any atom is -0.396 e. The van der Waals surface area contributed by atoms with Crippen molar-refractivity contribution in [2.75, 3.05) is 6.61 Å². The van der Waals surface area contributed by atoms with Gasteiger partial charge in [-0.15, -0.1) is 0 Å². The Balaban J connectivity index is 2.41. The minimum absolute atomic E-state index is 0.0496. The van der Waals surface area contributed by atoms with Crippen LogP contribution in [0, 0.1) is 0 Å². The Morgan fingerprint density at radius 3 is 2.42 bits per heavy atom. The summed E-state index contributed by atoms with van der Waals surface area (Å²) in [5, 5.41) is 17.9. The van der Waals surface area contributed by atoms with E-state index in [2.05, 4.69) is 0 Å². The number of hydrogen-bond donors (Lipinski definition) is 2. The Hall–Kier alpha value is -0.860. The van der Waals surface area contributed by atoms with Crippen molar-refractivity contribution < 1.29 is 10.2 Å². The van der Waals surface area contributed by atoms with Crippen LogP contribution in [0.3, 0.4) is 0 Å². The molecule has 1 rings (SSSR count). The molecule has 2 nitrogen and oxygen atoms in total. The summed E-state index contributed by atoms with van der Waals surface area (Å²) >= 11 is 0. The zero-order chi connectivity index (χ0) is 8.81. The second kappa shape index (κ2) is 4.91. The van der Waals surface area contributed by atoms with Gasteiger partial charge in [-0.2, -0.15) is 0 Å². The highest BCUT2D eigenvalue weighted by Crippen LogP contribution is 2.04. The molecule has 0 saturated carbocycles. The predicted molar refractivity (Wildman–Crippen MR) is 47.9 cm³/mol. The number of benzene rings is 1. The Morgan fingerprint density at radius 2 is 1.83 bits per heavy atom. The molecule has 0 spiro atoms. The fourth-order valence-corrected chi connectivity index (χ4v) is 1.14. The van der Waals surface area contributed by atoms with Crippen LogP contribution in [0.5, 0.6) is 0 Å². The molecule has 0 radical (unpaired) electrons. The van der Waals surface area contributed by atoms with Gasteiger partial charge in [-0.3, -0.25) is 0 Å². The Kier molecular flexibility index (Phi) is 3.77.